The number of pyridine rings is 1. The molecule has 3 rings (SSSR count). The fraction of sp³-hybridized carbons (Fsp3) is 0.188. The predicted molar refractivity (Wildman–Crippen MR) is 82.0 cm³/mol. The summed E-state index contributed by atoms with van der Waals surface area (Å²) in [5, 5.41) is 3.57. The van der Waals surface area contributed by atoms with Crippen molar-refractivity contribution in [2.75, 3.05) is 6.54 Å². The first kappa shape index (κ1) is 14.3. The van der Waals surface area contributed by atoms with Crippen molar-refractivity contribution in [2.45, 2.75) is 13.0 Å². The minimum atomic E-state index is -0.420. The van der Waals surface area contributed by atoms with Crippen LogP contribution < -0.4 is 10.7 Å². The molecule has 0 saturated heterocycles. The largest absolute Gasteiger partial charge is 0.355 e. The average Bonchev–Trinajstić information content (AvgIpc) is 2.54. The van der Waals surface area contributed by atoms with Gasteiger partial charge in [0.25, 0.3) is 0 Å². The third-order valence-corrected chi connectivity index (χ3v) is 3.36. The van der Waals surface area contributed by atoms with Crippen LogP contribution in [0.2, 0.25) is 0 Å². The monoisotopic (exact) mass is 298 g/mol. The van der Waals surface area contributed by atoms with E-state index in [0.717, 1.165) is 12.1 Å². The van der Waals surface area contributed by atoms with Gasteiger partial charge in [0.05, 0.1) is 11.2 Å². The maximum Gasteiger partial charge on any atom is 0.189 e. The molecule has 3 aromatic rings. The van der Waals surface area contributed by atoms with E-state index in [-0.39, 0.29) is 10.9 Å². The van der Waals surface area contributed by atoms with Crippen molar-refractivity contribution >= 4 is 10.9 Å². The van der Waals surface area contributed by atoms with Crippen LogP contribution in [0.5, 0.6) is 0 Å². The molecule has 5 nitrogen and oxygen atoms in total. The number of nitrogens with zero attached hydrogens (tertiary/aromatic N) is 2. The number of benzene rings is 1. The Kier molecular flexibility index (Phi) is 4.20. The molecule has 0 bridgehead atoms. The molecule has 0 saturated carbocycles. The minimum absolute atomic E-state index is 0.182. The quantitative estimate of drug-likeness (QED) is 0.705. The number of fused-ring (bicyclic) bond motifs is 1. The van der Waals surface area contributed by atoms with Crippen LogP contribution in [0.1, 0.15) is 11.4 Å². The molecule has 2 aromatic heterocycles. The molecular formula is C16H15FN4O. The number of hydrogen-bond donors (Lipinski definition) is 2. The highest BCUT2D eigenvalue weighted by Crippen LogP contribution is 2.12. The number of para-hydroxylation sites is 1. The number of halogens is 1. The van der Waals surface area contributed by atoms with Crippen LogP contribution in [0.4, 0.5) is 4.39 Å². The Morgan fingerprint density at radius 3 is 3.00 bits per heavy atom. The number of rotatable bonds is 5. The lowest BCUT2D eigenvalue weighted by atomic mass is 10.2. The lowest BCUT2D eigenvalue weighted by molar-refractivity contribution is 0.633. The zero-order chi connectivity index (χ0) is 15.4. The van der Waals surface area contributed by atoms with Crippen LogP contribution in [0.25, 0.3) is 10.9 Å². The standard InChI is InChI=1S/C16H15FN4O/c17-14-3-1-2-13-15(22)8-12(21-16(13)14)10-18-5-4-11-9-19-6-7-20-11/h1-3,6-9,18H,4-5,10H2,(H,21,22). The van der Waals surface area contributed by atoms with Crippen LogP contribution in [0.3, 0.4) is 0 Å². The summed E-state index contributed by atoms with van der Waals surface area (Å²) in [6.07, 6.45) is 5.74. The molecule has 22 heavy (non-hydrogen) atoms. The Morgan fingerprint density at radius 1 is 1.27 bits per heavy atom. The fourth-order valence-electron chi connectivity index (χ4n) is 2.28. The summed E-state index contributed by atoms with van der Waals surface area (Å²) in [5.41, 5.74) is 1.62. The second-order valence-corrected chi connectivity index (χ2v) is 4.94. The van der Waals surface area contributed by atoms with Gasteiger partial charge in [0.2, 0.25) is 0 Å². The Labute approximate surface area is 126 Å². The number of aromatic nitrogens is 3. The van der Waals surface area contributed by atoms with Crippen LogP contribution in [0.15, 0.2) is 47.7 Å². The van der Waals surface area contributed by atoms with Crippen LogP contribution >= 0.6 is 0 Å². The summed E-state index contributed by atoms with van der Waals surface area (Å²) >= 11 is 0. The van der Waals surface area contributed by atoms with Gasteiger partial charge in [0, 0.05) is 55.2 Å². The van der Waals surface area contributed by atoms with Crippen molar-refractivity contribution in [1.82, 2.24) is 20.3 Å². The molecule has 112 valence electrons. The van der Waals surface area contributed by atoms with Crippen molar-refractivity contribution in [2.24, 2.45) is 0 Å². The fourth-order valence-corrected chi connectivity index (χ4v) is 2.28. The van der Waals surface area contributed by atoms with E-state index in [4.69, 9.17) is 0 Å². The summed E-state index contributed by atoms with van der Waals surface area (Å²) in [6, 6.07) is 5.98. The third-order valence-electron chi connectivity index (χ3n) is 3.36. The van der Waals surface area contributed by atoms with E-state index in [1.54, 1.807) is 24.7 Å². The highest BCUT2D eigenvalue weighted by Gasteiger charge is 2.06. The van der Waals surface area contributed by atoms with Crippen molar-refractivity contribution in [3.8, 4) is 0 Å². The highest BCUT2D eigenvalue weighted by atomic mass is 19.1. The summed E-state index contributed by atoms with van der Waals surface area (Å²) in [4.78, 5) is 23.1. The van der Waals surface area contributed by atoms with Crippen molar-refractivity contribution < 1.29 is 4.39 Å². The second-order valence-electron chi connectivity index (χ2n) is 4.94. The predicted octanol–water partition coefficient (Wildman–Crippen LogP) is 1.79. The average molecular weight is 298 g/mol. The summed E-state index contributed by atoms with van der Waals surface area (Å²) in [6.45, 7) is 1.15. The van der Waals surface area contributed by atoms with Gasteiger partial charge in [-0.2, -0.15) is 0 Å². The molecular weight excluding hydrogens is 283 g/mol. The van der Waals surface area contributed by atoms with Crippen molar-refractivity contribution in [3.63, 3.8) is 0 Å². The zero-order valence-electron chi connectivity index (χ0n) is 11.8. The lowest BCUT2D eigenvalue weighted by Crippen LogP contribution is -2.19. The number of H-pyrrole nitrogens is 1. The summed E-state index contributed by atoms with van der Waals surface area (Å²) in [7, 11) is 0. The first-order valence-corrected chi connectivity index (χ1v) is 7.00. The van der Waals surface area contributed by atoms with Gasteiger partial charge in [0.15, 0.2) is 5.43 Å². The molecule has 0 aliphatic heterocycles. The third kappa shape index (κ3) is 3.17. The number of hydrogen-bond acceptors (Lipinski definition) is 4. The summed E-state index contributed by atoms with van der Waals surface area (Å²) < 4.78 is 13.8. The number of nitrogens with one attached hydrogen (secondary N) is 2. The van der Waals surface area contributed by atoms with E-state index in [0.29, 0.717) is 24.2 Å². The van der Waals surface area contributed by atoms with Crippen LogP contribution in [0, 0.1) is 5.82 Å². The van der Waals surface area contributed by atoms with Gasteiger partial charge in [-0.05, 0) is 12.1 Å². The topological polar surface area (TPSA) is 70.7 Å². The molecule has 0 spiro atoms. The normalized spacial score (nSPS) is 11.0. The van der Waals surface area contributed by atoms with Gasteiger partial charge in [-0.3, -0.25) is 14.8 Å². The summed E-state index contributed by atoms with van der Waals surface area (Å²) in [5.74, 6) is -0.420. The Morgan fingerprint density at radius 2 is 2.18 bits per heavy atom. The SMILES string of the molecule is O=c1cc(CNCCc2cnccn2)[nH]c2c(F)cccc12. The number of aromatic amines is 1. The molecule has 0 aliphatic carbocycles. The molecule has 0 unspecified atom stereocenters. The second kappa shape index (κ2) is 6.44. The van der Waals surface area contributed by atoms with Crippen LogP contribution in [-0.4, -0.2) is 21.5 Å². The molecule has 0 atom stereocenters. The van der Waals surface area contributed by atoms with E-state index in [1.165, 1.54) is 18.2 Å². The Bertz CT molecular complexity index is 832. The zero-order valence-corrected chi connectivity index (χ0v) is 11.8. The van der Waals surface area contributed by atoms with E-state index < -0.39 is 5.82 Å². The van der Waals surface area contributed by atoms with Gasteiger partial charge in [0.1, 0.15) is 5.82 Å². The van der Waals surface area contributed by atoms with Gasteiger partial charge < -0.3 is 10.3 Å². The maximum absolute atomic E-state index is 13.8. The molecule has 0 amide bonds. The Hall–Kier alpha value is -2.60. The molecule has 0 fully saturated rings. The van der Waals surface area contributed by atoms with Gasteiger partial charge in [-0.15, -0.1) is 0 Å². The highest BCUT2D eigenvalue weighted by molar-refractivity contribution is 5.78. The Balaban J connectivity index is 1.67. The van der Waals surface area contributed by atoms with Crippen molar-refractivity contribution in [1.29, 1.82) is 0 Å². The van der Waals surface area contributed by atoms with E-state index in [9.17, 15) is 9.18 Å². The lowest BCUT2D eigenvalue weighted by Gasteiger charge is -2.07. The smallest absolute Gasteiger partial charge is 0.189 e. The first-order chi connectivity index (χ1) is 10.7. The molecule has 1 aromatic carbocycles. The van der Waals surface area contributed by atoms with Gasteiger partial charge >= 0.3 is 0 Å². The maximum atomic E-state index is 13.8. The van der Waals surface area contributed by atoms with Crippen LogP contribution in [-0.2, 0) is 13.0 Å². The minimum Gasteiger partial charge on any atom is -0.355 e. The molecule has 0 radical (unpaired) electrons. The van der Waals surface area contributed by atoms with E-state index in [2.05, 4.69) is 20.3 Å². The molecule has 2 N–H and O–H groups in total. The van der Waals surface area contributed by atoms with Gasteiger partial charge in [-0.1, -0.05) is 6.07 Å². The first-order valence-electron chi connectivity index (χ1n) is 7.00. The molecule has 0 aliphatic rings. The van der Waals surface area contributed by atoms with Gasteiger partial charge in [-0.25, -0.2) is 4.39 Å². The van der Waals surface area contributed by atoms with Crippen molar-refractivity contribution in [3.05, 3.63) is 70.3 Å². The molecule has 2 heterocycles. The van der Waals surface area contributed by atoms with E-state index in [1.807, 2.05) is 0 Å². The molecule has 6 heteroatoms. The van der Waals surface area contributed by atoms with E-state index >= 15 is 0 Å².